The monoisotopic (exact) mass is 846 g/mol. The quantitative estimate of drug-likeness (QED) is 0.228. The van der Waals surface area contributed by atoms with E-state index in [0.29, 0.717) is 41.7 Å². The standard InChI is InChI=1S/C63H62N2/c1-63(2)58-24-12-9-22-53(58)54-38-36-47(40-59(54)63)64(46-34-29-43(30-35-46)57-39-44-16-4-5-17-48(44)51-20-7-8-21-52(51)57)45-32-27-42(28-33-45)49-18-10-13-25-60(49)65-61-26-14-11-23-55(61)56-37-31-41-15-3-6-19-50(41)62(56)65/h3,6-9,12,14-22,25-27,29,31-35,37,39-40,42-43,47,54,56,58,62H,4-5,10-11,13,23-24,28,30,36,38H2,1-2H3. The zero-order valence-electron chi connectivity index (χ0n) is 38.3. The van der Waals surface area contributed by atoms with Crippen LogP contribution >= 0.6 is 0 Å². The summed E-state index contributed by atoms with van der Waals surface area (Å²) >= 11 is 0. The van der Waals surface area contributed by atoms with Gasteiger partial charge < -0.3 is 9.80 Å². The molecule has 3 aromatic carbocycles. The number of fused-ring (bicyclic) bond motifs is 10. The summed E-state index contributed by atoms with van der Waals surface area (Å²) in [5, 5.41) is 5.66. The summed E-state index contributed by atoms with van der Waals surface area (Å²) in [6.07, 6.45) is 57.5. The van der Waals surface area contributed by atoms with Gasteiger partial charge in [-0.2, -0.15) is 0 Å². The first kappa shape index (κ1) is 39.5. The highest BCUT2D eigenvalue weighted by Gasteiger charge is 2.50. The van der Waals surface area contributed by atoms with Crippen molar-refractivity contribution >= 4 is 29.0 Å². The molecule has 0 amide bonds. The van der Waals surface area contributed by atoms with Crippen LogP contribution in [-0.2, 0) is 0 Å². The van der Waals surface area contributed by atoms with E-state index in [1.807, 2.05) is 0 Å². The summed E-state index contributed by atoms with van der Waals surface area (Å²) in [7, 11) is 0. The van der Waals surface area contributed by atoms with Crippen LogP contribution in [0.5, 0.6) is 0 Å². The smallest absolute Gasteiger partial charge is 0.0698 e. The van der Waals surface area contributed by atoms with E-state index >= 15 is 0 Å². The molecular weight excluding hydrogens is 785 g/mol. The Morgan fingerprint density at radius 2 is 1.46 bits per heavy atom. The Morgan fingerprint density at radius 3 is 2.32 bits per heavy atom. The lowest BCUT2D eigenvalue weighted by Crippen LogP contribution is -2.36. The lowest BCUT2D eigenvalue weighted by molar-refractivity contribution is 0.306. The van der Waals surface area contributed by atoms with E-state index in [1.54, 1.807) is 16.7 Å². The molecule has 2 heteroatoms. The molecule has 1 aliphatic heterocycles. The van der Waals surface area contributed by atoms with E-state index in [9.17, 15) is 0 Å². The summed E-state index contributed by atoms with van der Waals surface area (Å²) in [5.74, 6) is 2.33. The number of allylic oxidation sites excluding steroid dienone is 16. The van der Waals surface area contributed by atoms with Crippen molar-refractivity contribution in [2.24, 2.45) is 29.1 Å². The van der Waals surface area contributed by atoms with Gasteiger partial charge in [0.2, 0.25) is 0 Å². The molecule has 9 aliphatic carbocycles. The van der Waals surface area contributed by atoms with Gasteiger partial charge in [-0.3, -0.25) is 0 Å². The number of benzene rings is 3. The van der Waals surface area contributed by atoms with Crippen LogP contribution < -0.4 is 10.4 Å². The predicted molar refractivity (Wildman–Crippen MR) is 271 cm³/mol. The second-order valence-corrected chi connectivity index (χ2v) is 21.0. The molecule has 0 radical (unpaired) electrons. The van der Waals surface area contributed by atoms with Crippen molar-refractivity contribution in [2.45, 2.75) is 102 Å². The minimum atomic E-state index is 0.166. The maximum Gasteiger partial charge on any atom is 0.0698 e. The molecular formula is C63H62N2. The van der Waals surface area contributed by atoms with E-state index in [2.05, 4.69) is 188 Å². The topological polar surface area (TPSA) is 6.48 Å². The number of rotatable bonds is 6. The van der Waals surface area contributed by atoms with E-state index in [1.165, 1.54) is 85.5 Å². The molecule has 1 heterocycles. The van der Waals surface area contributed by atoms with Crippen LogP contribution in [0.25, 0.3) is 29.0 Å². The van der Waals surface area contributed by atoms with Crippen LogP contribution in [0, 0.1) is 29.1 Å². The molecule has 0 saturated heterocycles. The highest BCUT2D eigenvalue weighted by molar-refractivity contribution is 5.88. The van der Waals surface area contributed by atoms with Crippen molar-refractivity contribution in [1.29, 1.82) is 0 Å². The maximum absolute atomic E-state index is 2.77. The van der Waals surface area contributed by atoms with E-state index in [-0.39, 0.29) is 5.41 Å². The molecule has 2 nitrogen and oxygen atoms in total. The van der Waals surface area contributed by atoms with E-state index in [0.717, 1.165) is 51.4 Å². The van der Waals surface area contributed by atoms with Crippen LogP contribution in [0.3, 0.4) is 0 Å². The molecule has 65 heavy (non-hydrogen) atoms. The van der Waals surface area contributed by atoms with Crippen molar-refractivity contribution in [3.8, 4) is 0 Å². The molecule has 0 N–H and O–H groups in total. The highest BCUT2D eigenvalue weighted by atomic mass is 15.2. The van der Waals surface area contributed by atoms with Crippen LogP contribution in [0.15, 0.2) is 191 Å². The zero-order chi connectivity index (χ0) is 43.2. The molecule has 7 unspecified atom stereocenters. The van der Waals surface area contributed by atoms with Gasteiger partial charge >= 0.3 is 0 Å². The first-order valence-corrected chi connectivity index (χ1v) is 25.2. The average molecular weight is 847 g/mol. The number of nitrogens with zero attached hydrogens (tertiary/aromatic N) is 2. The minimum Gasteiger partial charge on any atom is -0.335 e. The Kier molecular flexibility index (Phi) is 9.51. The first-order valence-electron chi connectivity index (χ1n) is 25.2. The lowest BCUT2D eigenvalue weighted by atomic mass is 9.74. The predicted octanol–water partition coefficient (Wildman–Crippen LogP) is 14.0. The lowest BCUT2D eigenvalue weighted by Gasteiger charge is -2.41. The fraction of sp³-hybridized carbons (Fsp3) is 0.333. The Morgan fingerprint density at radius 1 is 0.677 bits per heavy atom. The van der Waals surface area contributed by atoms with Crippen LogP contribution in [0.1, 0.15) is 113 Å². The maximum atomic E-state index is 2.77. The van der Waals surface area contributed by atoms with E-state index in [4.69, 9.17) is 0 Å². The Bertz CT molecular complexity index is 3050. The van der Waals surface area contributed by atoms with Crippen molar-refractivity contribution in [1.82, 2.24) is 9.80 Å². The zero-order valence-corrected chi connectivity index (χ0v) is 38.3. The summed E-state index contributed by atoms with van der Waals surface area (Å²) in [5.41, 5.74) is 16.6. The SMILES string of the molecule is CC1(C)C2=CC(N(C3=CCC(C4=CCCC=C4N4C5=C(CCC=C5)C5C=Cc6ccccc6C54)C=C3)C3=CCC(c4cc5c(c6ccccc46)=CCCC=5)C=C3)CCC2C2=CC=CCC21. The second-order valence-electron chi connectivity index (χ2n) is 21.0. The third kappa shape index (κ3) is 6.33. The normalized spacial score (nSPS) is 30.0. The summed E-state index contributed by atoms with van der Waals surface area (Å²) in [6, 6.07) is 21.4. The molecule has 10 aliphatic rings. The summed E-state index contributed by atoms with van der Waals surface area (Å²) in [6.45, 7) is 5.07. The first-order chi connectivity index (χ1) is 32.0. The fourth-order valence-corrected chi connectivity index (χ4v) is 14.2. The molecule has 13 rings (SSSR count). The summed E-state index contributed by atoms with van der Waals surface area (Å²) < 4.78 is 0. The van der Waals surface area contributed by atoms with Crippen LogP contribution in [-0.4, -0.2) is 15.8 Å². The Hall–Kier alpha value is -5.86. The van der Waals surface area contributed by atoms with E-state index < -0.39 is 0 Å². The van der Waals surface area contributed by atoms with Gasteiger partial charge in [-0.25, -0.2) is 0 Å². The third-order valence-corrected chi connectivity index (χ3v) is 17.3. The van der Waals surface area contributed by atoms with Crippen molar-refractivity contribution in [2.75, 3.05) is 0 Å². The van der Waals surface area contributed by atoms with Crippen molar-refractivity contribution in [3.63, 3.8) is 0 Å². The average Bonchev–Trinajstić information content (AvgIpc) is 3.82. The third-order valence-electron chi connectivity index (χ3n) is 17.3. The van der Waals surface area contributed by atoms with Gasteiger partial charge in [-0.1, -0.05) is 171 Å². The van der Waals surface area contributed by atoms with Crippen LogP contribution in [0.4, 0.5) is 0 Å². The van der Waals surface area contributed by atoms with Gasteiger partial charge in [-0.05, 0) is 149 Å². The number of hydrogen-bond acceptors (Lipinski definition) is 2. The van der Waals surface area contributed by atoms with Crippen molar-refractivity contribution in [3.05, 3.63) is 218 Å². The van der Waals surface area contributed by atoms with Gasteiger partial charge in [0.1, 0.15) is 0 Å². The van der Waals surface area contributed by atoms with Crippen LogP contribution in [0.2, 0.25) is 0 Å². The van der Waals surface area contributed by atoms with Gasteiger partial charge in [0.25, 0.3) is 0 Å². The van der Waals surface area contributed by atoms with Gasteiger partial charge in [0.05, 0.1) is 12.1 Å². The Labute approximate surface area is 386 Å². The molecule has 0 spiro atoms. The number of hydrogen-bond donors (Lipinski definition) is 0. The van der Waals surface area contributed by atoms with Gasteiger partial charge in [0, 0.05) is 46.5 Å². The Balaban J connectivity index is 0.840. The molecule has 324 valence electrons. The molecule has 0 bridgehead atoms. The van der Waals surface area contributed by atoms with Gasteiger partial charge in [0.15, 0.2) is 0 Å². The molecule has 0 aromatic heterocycles. The molecule has 7 atom stereocenters. The largest absolute Gasteiger partial charge is 0.335 e. The molecule has 1 saturated carbocycles. The summed E-state index contributed by atoms with van der Waals surface area (Å²) in [4.78, 5) is 5.53. The van der Waals surface area contributed by atoms with Gasteiger partial charge in [-0.15, -0.1) is 0 Å². The molecule has 1 fully saturated rings. The fourth-order valence-electron chi connectivity index (χ4n) is 14.2. The molecule has 3 aromatic rings. The highest BCUT2D eigenvalue weighted by Crippen LogP contribution is 2.60. The minimum absolute atomic E-state index is 0.166. The van der Waals surface area contributed by atoms with Crippen molar-refractivity contribution < 1.29 is 0 Å². The second kappa shape index (κ2) is 15.6.